The van der Waals surface area contributed by atoms with Gasteiger partial charge in [0.15, 0.2) is 0 Å². The molecule has 312 valence electrons. The quantitative estimate of drug-likeness (QED) is 0.0809. The first kappa shape index (κ1) is 51.4. The van der Waals surface area contributed by atoms with Crippen molar-refractivity contribution >= 4 is 36.6 Å². The fraction of sp³-hybridized carbons (Fsp3) is 0.706. The zero-order valence-electron chi connectivity index (χ0n) is 32.1. The highest BCUT2D eigenvalue weighted by atomic mass is 16.8. The highest BCUT2D eigenvalue weighted by Crippen LogP contribution is 2.04. The number of ether oxygens (including phenoxy) is 12. The Morgan fingerprint density at radius 3 is 0.852 bits per heavy atom. The van der Waals surface area contributed by atoms with Crippen LogP contribution in [-0.4, -0.2) is 148 Å². The summed E-state index contributed by atoms with van der Waals surface area (Å²) in [6.45, 7) is 18.5. The summed E-state index contributed by atoms with van der Waals surface area (Å²) in [7, 11) is 0. The largest absolute Gasteiger partial charge is 0.508 e. The maximum Gasteiger partial charge on any atom is 0.508 e. The number of carbonyl (C=O) groups excluding carboxylic acids is 6. The molecule has 0 aliphatic heterocycles. The summed E-state index contributed by atoms with van der Waals surface area (Å²) in [5.74, 6) is -1.26. The molecule has 0 bridgehead atoms. The van der Waals surface area contributed by atoms with Crippen molar-refractivity contribution in [1.82, 2.24) is 0 Å². The fourth-order valence-electron chi connectivity index (χ4n) is 3.04. The predicted molar refractivity (Wildman–Crippen MR) is 184 cm³/mol. The molecule has 0 spiro atoms. The van der Waals surface area contributed by atoms with E-state index in [1.165, 1.54) is 13.8 Å². The summed E-state index contributed by atoms with van der Waals surface area (Å²) < 4.78 is 58.8. The molecule has 0 saturated heterocycles. The molecule has 0 rings (SSSR count). The molecule has 20 heteroatoms. The van der Waals surface area contributed by atoms with E-state index < -0.39 is 85.4 Å². The number of carbonyl (C=O) groups is 6. The second kappa shape index (κ2) is 30.8. The number of aliphatic hydroxyl groups excluding tert-OH is 2. The van der Waals surface area contributed by atoms with Crippen LogP contribution >= 0.6 is 0 Å². The molecule has 20 nitrogen and oxygen atoms in total. The zero-order chi connectivity index (χ0) is 41.6. The fourth-order valence-corrected chi connectivity index (χ4v) is 3.04. The van der Waals surface area contributed by atoms with Gasteiger partial charge in [-0.2, -0.15) is 0 Å². The first-order valence-electron chi connectivity index (χ1n) is 16.8. The lowest BCUT2D eigenvalue weighted by molar-refractivity contribution is -0.145. The summed E-state index contributed by atoms with van der Waals surface area (Å²) in [4.78, 5) is 67.6. The Kier molecular flexibility index (Phi) is 29.3. The van der Waals surface area contributed by atoms with Gasteiger partial charge < -0.3 is 67.1 Å². The highest BCUT2D eigenvalue weighted by Gasteiger charge is 2.18. The summed E-state index contributed by atoms with van der Waals surface area (Å²) in [6, 6.07) is 0. The van der Waals surface area contributed by atoms with Crippen LogP contribution in [0.2, 0.25) is 0 Å². The van der Waals surface area contributed by atoms with Gasteiger partial charge in [0.25, 0.3) is 0 Å². The smallest absolute Gasteiger partial charge is 0.456 e. The Bertz CT molecular complexity index is 1040. The van der Waals surface area contributed by atoms with Crippen LogP contribution in [0.4, 0.5) is 19.2 Å². The normalized spacial score (nSPS) is 14.9. The van der Waals surface area contributed by atoms with Gasteiger partial charge in [0.05, 0.1) is 38.6 Å². The monoisotopic (exact) mass is 784 g/mol. The molecule has 8 unspecified atom stereocenters. The van der Waals surface area contributed by atoms with Crippen LogP contribution in [-0.2, 0) is 66.4 Å². The van der Waals surface area contributed by atoms with E-state index in [-0.39, 0.29) is 52.9 Å². The van der Waals surface area contributed by atoms with Crippen LogP contribution in [0.5, 0.6) is 0 Å². The molecule has 0 heterocycles. The molecule has 2 N–H and O–H groups in total. The van der Waals surface area contributed by atoms with Crippen LogP contribution in [0.3, 0.4) is 0 Å². The van der Waals surface area contributed by atoms with E-state index in [4.69, 9.17) is 57.6 Å². The SMILES string of the molecule is C=CC(=O)OC(C)COC(=O)OC(C)COCC(C)OC(=O)OCC(C)OC(=O)C=C.CC(O)COC(=O)OC(C)COCC(C)OC(=O)OCC(C)O. The van der Waals surface area contributed by atoms with E-state index in [9.17, 15) is 28.8 Å². The Labute approximate surface area is 314 Å². The van der Waals surface area contributed by atoms with Crippen molar-refractivity contribution in [3.05, 3.63) is 25.3 Å². The number of esters is 2. The second-order valence-electron chi connectivity index (χ2n) is 11.6. The van der Waals surface area contributed by atoms with Crippen LogP contribution in [0, 0.1) is 0 Å². The van der Waals surface area contributed by atoms with E-state index in [1.807, 2.05) is 0 Å². The van der Waals surface area contributed by atoms with Gasteiger partial charge >= 0.3 is 36.6 Å². The topological polar surface area (TPSA) is 254 Å². The van der Waals surface area contributed by atoms with Crippen molar-refractivity contribution in [2.24, 2.45) is 0 Å². The molecular weight excluding hydrogens is 728 g/mol. The lowest BCUT2D eigenvalue weighted by Gasteiger charge is -2.18. The molecule has 54 heavy (non-hydrogen) atoms. The van der Waals surface area contributed by atoms with Crippen molar-refractivity contribution in [3.63, 3.8) is 0 Å². The molecule has 0 aromatic heterocycles. The second-order valence-corrected chi connectivity index (χ2v) is 11.6. The van der Waals surface area contributed by atoms with E-state index in [0.717, 1.165) is 12.2 Å². The maximum atomic E-state index is 11.6. The van der Waals surface area contributed by atoms with Gasteiger partial charge in [-0.05, 0) is 55.4 Å². The number of rotatable bonds is 24. The van der Waals surface area contributed by atoms with Gasteiger partial charge in [-0.25, -0.2) is 28.8 Å². The molecule has 0 saturated carbocycles. The third kappa shape index (κ3) is 33.2. The van der Waals surface area contributed by atoms with Crippen molar-refractivity contribution < 1.29 is 95.8 Å². The van der Waals surface area contributed by atoms with Crippen molar-refractivity contribution in [1.29, 1.82) is 0 Å². The summed E-state index contributed by atoms with van der Waals surface area (Å²) >= 11 is 0. The molecule has 0 fully saturated rings. The third-order valence-corrected chi connectivity index (χ3v) is 5.32. The molecule has 0 radical (unpaired) electrons. The summed E-state index contributed by atoms with van der Waals surface area (Å²) in [6.07, 6.45) is -6.93. The number of aliphatic hydroxyl groups is 2. The molecule has 8 atom stereocenters. The number of hydrogen-bond acceptors (Lipinski definition) is 20. The lowest BCUT2D eigenvalue weighted by atomic mass is 10.4. The Balaban J connectivity index is 0. The van der Waals surface area contributed by atoms with Crippen LogP contribution in [0.15, 0.2) is 25.3 Å². The minimum absolute atomic E-state index is 0.0212. The summed E-state index contributed by atoms with van der Waals surface area (Å²) in [5.41, 5.74) is 0. The van der Waals surface area contributed by atoms with Gasteiger partial charge in [0, 0.05) is 12.2 Å². The Hall–Kier alpha value is -4.66. The highest BCUT2D eigenvalue weighted by molar-refractivity contribution is 5.81. The number of hydrogen-bond donors (Lipinski definition) is 2. The van der Waals surface area contributed by atoms with E-state index in [2.05, 4.69) is 22.6 Å². The van der Waals surface area contributed by atoms with Gasteiger partial charge in [-0.1, -0.05) is 13.2 Å². The minimum Gasteiger partial charge on any atom is -0.456 e. The van der Waals surface area contributed by atoms with Gasteiger partial charge in [0.2, 0.25) is 0 Å². The maximum absolute atomic E-state index is 11.6. The van der Waals surface area contributed by atoms with E-state index in [0.29, 0.717) is 0 Å². The van der Waals surface area contributed by atoms with Crippen LogP contribution < -0.4 is 0 Å². The van der Waals surface area contributed by atoms with Crippen LogP contribution in [0.1, 0.15) is 55.4 Å². The first-order chi connectivity index (χ1) is 25.3. The first-order valence-corrected chi connectivity index (χ1v) is 16.8. The van der Waals surface area contributed by atoms with Crippen LogP contribution in [0.25, 0.3) is 0 Å². The molecule has 0 aliphatic carbocycles. The molecule has 0 aliphatic rings. The molecule has 0 amide bonds. The van der Waals surface area contributed by atoms with E-state index >= 15 is 0 Å². The Morgan fingerprint density at radius 1 is 0.407 bits per heavy atom. The van der Waals surface area contributed by atoms with Crippen molar-refractivity contribution in [3.8, 4) is 0 Å². The molecular formula is C34H56O20. The van der Waals surface area contributed by atoms with Crippen molar-refractivity contribution in [2.75, 3.05) is 52.9 Å². The standard InChI is InChI=1S/C20H30O11.C14H26O9/c1-7-17(21)28-15(5)11-26-19(23)30-13(3)9-25-10-14(4)31-20(24)27-12-16(6)29-18(22)8-2;1-9(15)5-20-13(17)22-11(3)7-19-8-12(4)23-14(18)21-6-10(2)16/h7-8,13-16H,1-2,9-12H2,3-6H3;9-12,15-16H,5-8H2,1-4H3. The minimum atomic E-state index is -0.947. The average molecular weight is 785 g/mol. The molecule has 0 aromatic carbocycles. The lowest BCUT2D eigenvalue weighted by Crippen LogP contribution is -2.28. The predicted octanol–water partition coefficient (Wildman–Crippen LogP) is 3.17. The van der Waals surface area contributed by atoms with Crippen molar-refractivity contribution in [2.45, 2.75) is 104 Å². The average Bonchev–Trinajstić information content (AvgIpc) is 3.08. The van der Waals surface area contributed by atoms with Gasteiger partial charge in [0.1, 0.15) is 63.1 Å². The molecule has 0 aromatic rings. The van der Waals surface area contributed by atoms with Gasteiger partial charge in [-0.3, -0.25) is 0 Å². The van der Waals surface area contributed by atoms with E-state index in [1.54, 1.807) is 41.5 Å². The zero-order valence-corrected chi connectivity index (χ0v) is 32.1. The summed E-state index contributed by atoms with van der Waals surface area (Å²) in [5, 5.41) is 17.9. The Morgan fingerprint density at radius 2 is 0.630 bits per heavy atom. The van der Waals surface area contributed by atoms with Gasteiger partial charge in [-0.15, -0.1) is 0 Å². The third-order valence-electron chi connectivity index (χ3n) is 5.32.